The number of nitrogens with zero attached hydrogens (tertiary/aromatic N) is 1. The van der Waals surface area contributed by atoms with Gasteiger partial charge in [0.15, 0.2) is 0 Å². The van der Waals surface area contributed by atoms with Crippen LogP contribution in [-0.2, 0) is 4.74 Å². The van der Waals surface area contributed by atoms with E-state index in [0.717, 1.165) is 13.1 Å². The lowest BCUT2D eigenvalue weighted by atomic mass is 9.86. The molecule has 2 aliphatic rings. The molecule has 3 heteroatoms. The molecule has 2 fully saturated rings. The van der Waals surface area contributed by atoms with Crippen molar-refractivity contribution >= 4 is 0 Å². The lowest BCUT2D eigenvalue weighted by molar-refractivity contribution is -0.149. The minimum absolute atomic E-state index is 0.0134. The number of hydrogen-bond donors (Lipinski definition) is 1. The van der Waals surface area contributed by atoms with Gasteiger partial charge in [0, 0.05) is 12.6 Å². The number of benzene rings is 1. The van der Waals surface area contributed by atoms with Gasteiger partial charge in [0.05, 0.1) is 25.2 Å². The highest BCUT2D eigenvalue weighted by atomic mass is 16.5. The van der Waals surface area contributed by atoms with E-state index in [9.17, 15) is 5.11 Å². The maximum atomic E-state index is 9.64. The second-order valence-electron chi connectivity index (χ2n) is 7.10. The van der Waals surface area contributed by atoms with E-state index in [-0.39, 0.29) is 12.0 Å². The third-order valence-electron chi connectivity index (χ3n) is 5.04. The molecule has 0 spiro atoms. The Hall–Kier alpha value is -0.900. The largest absolute Gasteiger partial charge is 0.396 e. The van der Waals surface area contributed by atoms with E-state index in [1.54, 1.807) is 0 Å². The van der Waals surface area contributed by atoms with Gasteiger partial charge in [0.1, 0.15) is 0 Å². The van der Waals surface area contributed by atoms with Crippen LogP contribution in [0, 0.1) is 5.41 Å². The van der Waals surface area contributed by atoms with Gasteiger partial charge in [0.25, 0.3) is 0 Å². The Morgan fingerprint density at radius 1 is 1.29 bits per heavy atom. The highest BCUT2D eigenvalue weighted by Crippen LogP contribution is 2.37. The summed E-state index contributed by atoms with van der Waals surface area (Å²) in [6.45, 7) is 8.22. The number of rotatable bonds is 5. The summed E-state index contributed by atoms with van der Waals surface area (Å²) < 4.78 is 5.34. The van der Waals surface area contributed by atoms with Crippen molar-refractivity contribution in [3.05, 3.63) is 35.4 Å². The second-order valence-corrected chi connectivity index (χ2v) is 7.10. The summed E-state index contributed by atoms with van der Waals surface area (Å²) >= 11 is 0. The Kier molecular flexibility index (Phi) is 4.34. The predicted molar refractivity (Wildman–Crippen MR) is 84.4 cm³/mol. The van der Waals surface area contributed by atoms with Crippen molar-refractivity contribution in [3.63, 3.8) is 0 Å². The number of hydrogen-bond acceptors (Lipinski definition) is 3. The van der Waals surface area contributed by atoms with Crippen LogP contribution in [0.15, 0.2) is 24.3 Å². The molecule has 1 aromatic rings. The van der Waals surface area contributed by atoms with Crippen molar-refractivity contribution in [2.45, 2.75) is 38.6 Å². The molecule has 0 aromatic heterocycles. The van der Waals surface area contributed by atoms with Crippen LogP contribution in [0.25, 0.3) is 0 Å². The maximum absolute atomic E-state index is 9.64. The van der Waals surface area contributed by atoms with Crippen molar-refractivity contribution < 1.29 is 9.84 Å². The van der Waals surface area contributed by atoms with E-state index in [0.29, 0.717) is 25.2 Å². The Bertz CT molecular complexity index is 459. The molecule has 1 atom stereocenters. The summed E-state index contributed by atoms with van der Waals surface area (Å²) in [6, 6.07) is 9.63. The molecule has 3 rings (SSSR count). The van der Waals surface area contributed by atoms with Gasteiger partial charge in [-0.3, -0.25) is 4.90 Å². The fourth-order valence-electron chi connectivity index (χ4n) is 3.55. The lowest BCUT2D eigenvalue weighted by Gasteiger charge is -2.43. The molecule has 0 radical (unpaired) electrons. The molecule has 1 unspecified atom stereocenters. The first kappa shape index (κ1) is 15.0. The Labute approximate surface area is 127 Å². The van der Waals surface area contributed by atoms with Gasteiger partial charge in [-0.15, -0.1) is 0 Å². The molecule has 2 aliphatic heterocycles. The van der Waals surface area contributed by atoms with Crippen LogP contribution in [-0.4, -0.2) is 42.9 Å². The van der Waals surface area contributed by atoms with Crippen LogP contribution >= 0.6 is 0 Å². The van der Waals surface area contributed by atoms with Crippen molar-refractivity contribution in [1.82, 2.24) is 4.90 Å². The maximum Gasteiger partial charge on any atom is 0.0579 e. The zero-order chi connectivity index (χ0) is 14.9. The number of ether oxygens (including phenoxy) is 1. The second kappa shape index (κ2) is 6.07. The van der Waals surface area contributed by atoms with E-state index >= 15 is 0 Å². The van der Waals surface area contributed by atoms with Gasteiger partial charge in [-0.05, 0) is 36.4 Å². The van der Waals surface area contributed by atoms with Gasteiger partial charge in [-0.25, -0.2) is 0 Å². The SMILES string of the molecule is CC(C)c1ccc(C2CCCN2CC2(CO)COC2)cc1. The molecule has 3 nitrogen and oxygen atoms in total. The highest BCUT2D eigenvalue weighted by molar-refractivity contribution is 5.27. The molecule has 0 bridgehead atoms. The van der Waals surface area contributed by atoms with E-state index in [1.807, 2.05) is 0 Å². The summed E-state index contributed by atoms with van der Waals surface area (Å²) in [7, 11) is 0. The topological polar surface area (TPSA) is 32.7 Å². The molecule has 0 aliphatic carbocycles. The average molecular weight is 289 g/mol. The molecule has 2 saturated heterocycles. The normalized spacial score (nSPS) is 25.2. The van der Waals surface area contributed by atoms with E-state index in [4.69, 9.17) is 4.74 Å². The predicted octanol–water partition coefficient (Wildman–Crippen LogP) is 2.96. The van der Waals surface area contributed by atoms with Crippen LogP contribution in [0.1, 0.15) is 49.8 Å². The molecule has 0 saturated carbocycles. The molecule has 0 amide bonds. The Morgan fingerprint density at radius 3 is 2.52 bits per heavy atom. The van der Waals surface area contributed by atoms with Crippen molar-refractivity contribution in [2.75, 3.05) is 32.9 Å². The first-order valence-corrected chi connectivity index (χ1v) is 8.16. The van der Waals surface area contributed by atoms with E-state index in [2.05, 4.69) is 43.0 Å². The molecule has 2 heterocycles. The first-order valence-electron chi connectivity index (χ1n) is 8.16. The molecule has 1 N–H and O–H groups in total. The van der Waals surface area contributed by atoms with E-state index in [1.165, 1.54) is 24.0 Å². The number of likely N-dealkylation sites (tertiary alicyclic amines) is 1. The zero-order valence-electron chi connectivity index (χ0n) is 13.2. The Balaban J connectivity index is 1.71. The van der Waals surface area contributed by atoms with Gasteiger partial charge < -0.3 is 9.84 Å². The third kappa shape index (κ3) is 3.01. The van der Waals surface area contributed by atoms with Gasteiger partial charge in [-0.2, -0.15) is 0 Å². The van der Waals surface area contributed by atoms with Crippen LogP contribution in [0.2, 0.25) is 0 Å². The monoisotopic (exact) mass is 289 g/mol. The Morgan fingerprint density at radius 2 is 2.00 bits per heavy atom. The highest BCUT2D eigenvalue weighted by Gasteiger charge is 2.42. The molecule has 21 heavy (non-hydrogen) atoms. The smallest absolute Gasteiger partial charge is 0.0579 e. The van der Waals surface area contributed by atoms with Crippen molar-refractivity contribution in [2.24, 2.45) is 5.41 Å². The fraction of sp³-hybridized carbons (Fsp3) is 0.667. The number of aliphatic hydroxyl groups is 1. The standard InChI is InChI=1S/C18H27NO2/c1-14(2)15-5-7-16(8-6-15)17-4-3-9-19(17)10-18(11-20)12-21-13-18/h5-8,14,17,20H,3-4,9-13H2,1-2H3. The molecular formula is C18H27NO2. The summed E-state index contributed by atoms with van der Waals surface area (Å²) in [5, 5.41) is 9.64. The summed E-state index contributed by atoms with van der Waals surface area (Å²) in [4.78, 5) is 2.54. The number of aliphatic hydroxyl groups excluding tert-OH is 1. The summed E-state index contributed by atoms with van der Waals surface area (Å²) in [5.74, 6) is 0.587. The summed E-state index contributed by atoms with van der Waals surface area (Å²) in [5.41, 5.74) is 2.81. The fourth-order valence-corrected chi connectivity index (χ4v) is 3.55. The molecule has 1 aromatic carbocycles. The molecular weight excluding hydrogens is 262 g/mol. The average Bonchev–Trinajstić information content (AvgIpc) is 2.91. The molecule has 116 valence electrons. The van der Waals surface area contributed by atoms with Crippen LogP contribution in [0.5, 0.6) is 0 Å². The van der Waals surface area contributed by atoms with Crippen molar-refractivity contribution in [3.8, 4) is 0 Å². The lowest BCUT2D eigenvalue weighted by Crippen LogP contribution is -2.53. The van der Waals surface area contributed by atoms with Crippen molar-refractivity contribution in [1.29, 1.82) is 0 Å². The van der Waals surface area contributed by atoms with Gasteiger partial charge in [-0.1, -0.05) is 38.1 Å². The summed E-state index contributed by atoms with van der Waals surface area (Å²) in [6.07, 6.45) is 2.47. The third-order valence-corrected chi connectivity index (χ3v) is 5.04. The zero-order valence-corrected chi connectivity index (χ0v) is 13.2. The first-order chi connectivity index (χ1) is 10.1. The van der Waals surface area contributed by atoms with Crippen LogP contribution < -0.4 is 0 Å². The van der Waals surface area contributed by atoms with E-state index < -0.39 is 0 Å². The quantitative estimate of drug-likeness (QED) is 0.904. The van der Waals surface area contributed by atoms with Gasteiger partial charge >= 0.3 is 0 Å². The van der Waals surface area contributed by atoms with Crippen LogP contribution in [0.4, 0.5) is 0 Å². The van der Waals surface area contributed by atoms with Crippen LogP contribution in [0.3, 0.4) is 0 Å². The minimum Gasteiger partial charge on any atom is -0.396 e. The minimum atomic E-state index is -0.0134. The van der Waals surface area contributed by atoms with Gasteiger partial charge in [0.2, 0.25) is 0 Å².